The summed E-state index contributed by atoms with van der Waals surface area (Å²) < 4.78 is 5.27. The molecule has 0 atom stereocenters. The van der Waals surface area contributed by atoms with Gasteiger partial charge < -0.3 is 15.5 Å². The number of nitrogens with one attached hydrogen (secondary N) is 2. The van der Waals surface area contributed by atoms with Gasteiger partial charge in [0.1, 0.15) is 5.82 Å². The summed E-state index contributed by atoms with van der Waals surface area (Å²) in [5, 5.41) is 9.82. The molecule has 1 heterocycles. The Balaban J connectivity index is 2.91. The number of hydrogen-bond acceptors (Lipinski definition) is 5. The highest BCUT2D eigenvalue weighted by Gasteiger charge is 2.14. The van der Waals surface area contributed by atoms with Crippen molar-refractivity contribution in [1.29, 1.82) is 5.41 Å². The van der Waals surface area contributed by atoms with Crippen LogP contribution in [0, 0.1) is 5.41 Å². The molecule has 0 aromatic heterocycles. The van der Waals surface area contributed by atoms with Gasteiger partial charge in [0.05, 0.1) is 11.1 Å². The average molecular weight is 272 g/mol. The summed E-state index contributed by atoms with van der Waals surface area (Å²) in [5.74, 6) is -0.0615. The molecule has 1 aliphatic heterocycles. The van der Waals surface area contributed by atoms with Gasteiger partial charge in [-0.2, -0.15) is 0 Å². The number of nitrogens with zero attached hydrogens (tertiary/aromatic N) is 1. The highest BCUT2D eigenvalue weighted by atomic mass is 79.9. The van der Waals surface area contributed by atoms with Crippen LogP contribution in [-0.4, -0.2) is 24.5 Å². The summed E-state index contributed by atoms with van der Waals surface area (Å²) in [5.41, 5.74) is 0.212. The SMILES string of the molecule is CCOC(=O)C1=N/C(=C(\Br)C=N)NC=C1. The number of hydrogen-bond donors (Lipinski definition) is 2. The van der Waals surface area contributed by atoms with Crippen molar-refractivity contribution in [3.63, 3.8) is 0 Å². The van der Waals surface area contributed by atoms with Crippen LogP contribution < -0.4 is 5.32 Å². The summed E-state index contributed by atoms with van der Waals surface area (Å²) >= 11 is 3.13. The number of halogens is 1. The van der Waals surface area contributed by atoms with Gasteiger partial charge in [-0.1, -0.05) is 0 Å². The Bertz CT molecular complexity index is 372. The van der Waals surface area contributed by atoms with Crippen LogP contribution in [0.1, 0.15) is 6.92 Å². The van der Waals surface area contributed by atoms with Crippen molar-refractivity contribution in [2.24, 2.45) is 4.99 Å². The van der Waals surface area contributed by atoms with Gasteiger partial charge in [-0.25, -0.2) is 9.79 Å². The van der Waals surface area contributed by atoms with Crippen LogP contribution >= 0.6 is 15.9 Å². The van der Waals surface area contributed by atoms with E-state index in [1.807, 2.05) is 0 Å². The third kappa shape index (κ3) is 3.02. The van der Waals surface area contributed by atoms with Gasteiger partial charge in [0.2, 0.25) is 0 Å². The zero-order chi connectivity index (χ0) is 11.3. The van der Waals surface area contributed by atoms with E-state index >= 15 is 0 Å². The number of rotatable bonds is 3. The largest absolute Gasteiger partial charge is 0.461 e. The third-order valence-electron chi connectivity index (χ3n) is 1.53. The highest BCUT2D eigenvalue weighted by Crippen LogP contribution is 2.11. The van der Waals surface area contributed by atoms with Crippen LogP contribution in [0.5, 0.6) is 0 Å². The lowest BCUT2D eigenvalue weighted by Crippen LogP contribution is -2.21. The fraction of sp³-hybridized carbons (Fsp3) is 0.222. The van der Waals surface area contributed by atoms with E-state index in [0.29, 0.717) is 16.9 Å². The van der Waals surface area contributed by atoms with Crippen molar-refractivity contribution in [3.8, 4) is 0 Å². The molecule has 0 saturated heterocycles. The zero-order valence-corrected chi connectivity index (χ0v) is 9.67. The number of allylic oxidation sites excluding steroid dienone is 1. The predicted molar refractivity (Wildman–Crippen MR) is 61.1 cm³/mol. The van der Waals surface area contributed by atoms with Gasteiger partial charge in [0, 0.05) is 12.4 Å². The Morgan fingerprint density at radius 1 is 1.80 bits per heavy atom. The topological polar surface area (TPSA) is 74.5 Å². The number of carbonyl (C=O) groups excluding carboxylic acids is 1. The van der Waals surface area contributed by atoms with Gasteiger partial charge in [0.25, 0.3) is 0 Å². The Morgan fingerprint density at radius 3 is 3.13 bits per heavy atom. The molecular formula is C9H10BrN3O2. The fourth-order valence-electron chi connectivity index (χ4n) is 0.899. The van der Waals surface area contributed by atoms with Crippen molar-refractivity contribution in [1.82, 2.24) is 5.32 Å². The molecule has 0 amide bonds. The minimum absolute atomic E-state index is 0.212. The first kappa shape index (κ1) is 11.6. The third-order valence-corrected chi connectivity index (χ3v) is 2.14. The van der Waals surface area contributed by atoms with Crippen LogP contribution in [0.25, 0.3) is 0 Å². The molecule has 0 aromatic rings. The maximum atomic E-state index is 11.3. The van der Waals surface area contributed by atoms with Crippen LogP contribution in [0.15, 0.2) is 27.6 Å². The second-order valence-corrected chi connectivity index (χ2v) is 3.39. The van der Waals surface area contributed by atoms with Crippen molar-refractivity contribution < 1.29 is 9.53 Å². The second kappa shape index (κ2) is 5.45. The summed E-state index contributed by atoms with van der Waals surface area (Å²) in [6, 6.07) is 0. The van der Waals surface area contributed by atoms with Gasteiger partial charge >= 0.3 is 5.97 Å². The lowest BCUT2D eigenvalue weighted by atomic mass is 10.3. The average Bonchev–Trinajstić information content (AvgIpc) is 2.28. The summed E-state index contributed by atoms with van der Waals surface area (Å²) in [7, 11) is 0. The fourth-order valence-corrected chi connectivity index (χ4v) is 1.10. The van der Waals surface area contributed by atoms with Crippen LogP contribution in [0.3, 0.4) is 0 Å². The number of ether oxygens (including phenoxy) is 1. The maximum Gasteiger partial charge on any atom is 0.357 e. The standard InChI is InChI=1S/C9H10BrN3O2/c1-2-15-9(14)7-3-4-12-8(13-7)6(10)5-11/h3-5,11-12H,2H2,1H3/b8-6-,11-5?. The molecule has 0 bridgehead atoms. The van der Waals surface area contributed by atoms with E-state index < -0.39 is 5.97 Å². The zero-order valence-electron chi connectivity index (χ0n) is 8.08. The van der Waals surface area contributed by atoms with E-state index in [2.05, 4.69) is 26.2 Å². The molecule has 0 spiro atoms. The molecule has 1 aliphatic rings. The smallest absolute Gasteiger partial charge is 0.357 e. The van der Waals surface area contributed by atoms with Crippen LogP contribution in [0.2, 0.25) is 0 Å². The lowest BCUT2D eigenvalue weighted by Gasteiger charge is -2.10. The molecule has 2 N–H and O–H groups in total. The van der Waals surface area contributed by atoms with Crippen molar-refractivity contribution in [2.45, 2.75) is 6.92 Å². The Morgan fingerprint density at radius 2 is 2.53 bits per heavy atom. The first-order valence-electron chi connectivity index (χ1n) is 4.28. The van der Waals surface area contributed by atoms with E-state index in [-0.39, 0.29) is 5.71 Å². The summed E-state index contributed by atoms with van der Waals surface area (Å²) in [6.07, 6.45) is 4.18. The van der Waals surface area contributed by atoms with Gasteiger partial charge in [-0.15, -0.1) is 0 Å². The number of esters is 1. The van der Waals surface area contributed by atoms with Crippen LogP contribution in [-0.2, 0) is 9.53 Å². The molecular weight excluding hydrogens is 262 g/mol. The minimum atomic E-state index is -0.474. The Kier molecular flexibility index (Phi) is 4.23. The Labute approximate surface area is 95.5 Å². The molecule has 15 heavy (non-hydrogen) atoms. The van der Waals surface area contributed by atoms with Gasteiger partial charge in [-0.3, -0.25) is 0 Å². The molecule has 0 radical (unpaired) electrons. The van der Waals surface area contributed by atoms with Crippen molar-refractivity contribution in [3.05, 3.63) is 22.6 Å². The van der Waals surface area contributed by atoms with E-state index in [0.717, 1.165) is 6.21 Å². The van der Waals surface area contributed by atoms with Crippen LogP contribution in [0.4, 0.5) is 0 Å². The van der Waals surface area contributed by atoms with Crippen molar-refractivity contribution >= 4 is 33.8 Å². The molecule has 5 nitrogen and oxygen atoms in total. The first-order valence-corrected chi connectivity index (χ1v) is 5.07. The quantitative estimate of drug-likeness (QED) is 0.601. The lowest BCUT2D eigenvalue weighted by molar-refractivity contribution is -0.134. The summed E-state index contributed by atoms with van der Waals surface area (Å²) in [4.78, 5) is 15.3. The Hall–Kier alpha value is -1.43. The summed E-state index contributed by atoms with van der Waals surface area (Å²) in [6.45, 7) is 2.04. The van der Waals surface area contributed by atoms with Gasteiger partial charge in [-0.05, 0) is 28.9 Å². The molecule has 1 rings (SSSR count). The first-order chi connectivity index (χ1) is 7.19. The van der Waals surface area contributed by atoms with Gasteiger partial charge in [0.15, 0.2) is 5.71 Å². The molecule has 0 fully saturated rings. The molecule has 80 valence electrons. The second-order valence-electron chi connectivity index (χ2n) is 2.54. The van der Waals surface area contributed by atoms with Crippen molar-refractivity contribution in [2.75, 3.05) is 6.61 Å². The minimum Gasteiger partial charge on any atom is -0.461 e. The molecule has 6 heteroatoms. The maximum absolute atomic E-state index is 11.3. The highest BCUT2D eigenvalue weighted by molar-refractivity contribution is 9.12. The van der Waals surface area contributed by atoms with E-state index in [1.165, 1.54) is 6.08 Å². The van der Waals surface area contributed by atoms with E-state index in [1.54, 1.807) is 13.1 Å². The normalized spacial score (nSPS) is 17.6. The monoisotopic (exact) mass is 271 g/mol. The number of carbonyl (C=O) groups is 1. The predicted octanol–water partition coefficient (Wildman–Crippen LogP) is 1.32. The van der Waals surface area contributed by atoms with E-state index in [4.69, 9.17) is 10.1 Å². The molecule has 0 saturated carbocycles. The molecule has 0 unspecified atom stereocenters. The molecule has 0 aliphatic carbocycles. The molecule has 0 aromatic carbocycles. The number of aliphatic imine (C=N–C) groups is 1. The van der Waals surface area contributed by atoms with E-state index in [9.17, 15) is 4.79 Å².